The number of rotatable bonds is 7. The topological polar surface area (TPSA) is 39.9 Å². The molecule has 0 aliphatic heterocycles. The van der Waals surface area contributed by atoms with Crippen LogP contribution in [0, 0.1) is 12.8 Å². The number of benzene rings is 1. The summed E-state index contributed by atoms with van der Waals surface area (Å²) in [4.78, 5) is 0. The molecule has 0 N–H and O–H groups in total. The normalized spacial score (nSPS) is 11.1. The molecule has 0 amide bonds. The Balaban J connectivity index is 1.94. The predicted molar refractivity (Wildman–Crippen MR) is 84.6 cm³/mol. The standard InChI is InChI=1S/C17H25N3O/c1-5-20-11-16(18-19-20)8-6-15-7-9-17(10-14(15)4)21-12-13(2)3/h7,9-11,13H,5-6,8,12H2,1-4H3. The molecule has 0 bridgehead atoms. The Labute approximate surface area is 127 Å². The van der Waals surface area contributed by atoms with Crippen LogP contribution >= 0.6 is 0 Å². The number of hydrogen-bond acceptors (Lipinski definition) is 3. The van der Waals surface area contributed by atoms with Crippen LogP contribution in [0.25, 0.3) is 0 Å². The minimum atomic E-state index is 0.547. The highest BCUT2D eigenvalue weighted by molar-refractivity contribution is 5.35. The van der Waals surface area contributed by atoms with E-state index in [4.69, 9.17) is 4.74 Å². The van der Waals surface area contributed by atoms with Crippen molar-refractivity contribution in [1.29, 1.82) is 0 Å². The van der Waals surface area contributed by atoms with Crippen molar-refractivity contribution in [3.63, 3.8) is 0 Å². The molecule has 0 saturated heterocycles. The number of aromatic nitrogens is 3. The number of ether oxygens (including phenoxy) is 1. The van der Waals surface area contributed by atoms with Gasteiger partial charge in [0.2, 0.25) is 0 Å². The van der Waals surface area contributed by atoms with E-state index in [9.17, 15) is 0 Å². The molecule has 0 aliphatic carbocycles. The van der Waals surface area contributed by atoms with Crippen molar-refractivity contribution in [3.05, 3.63) is 41.2 Å². The molecular formula is C17H25N3O. The van der Waals surface area contributed by atoms with Gasteiger partial charge in [-0.2, -0.15) is 0 Å². The fourth-order valence-corrected chi connectivity index (χ4v) is 2.17. The van der Waals surface area contributed by atoms with Crippen molar-refractivity contribution in [2.24, 2.45) is 5.92 Å². The van der Waals surface area contributed by atoms with Crippen molar-refractivity contribution in [3.8, 4) is 5.75 Å². The van der Waals surface area contributed by atoms with Crippen LogP contribution < -0.4 is 4.74 Å². The molecule has 0 aliphatic rings. The van der Waals surface area contributed by atoms with E-state index in [2.05, 4.69) is 56.2 Å². The monoisotopic (exact) mass is 287 g/mol. The molecule has 2 rings (SSSR count). The van der Waals surface area contributed by atoms with E-state index in [-0.39, 0.29) is 0 Å². The first-order valence-corrected chi connectivity index (χ1v) is 7.69. The van der Waals surface area contributed by atoms with Gasteiger partial charge in [0.15, 0.2) is 0 Å². The Kier molecular flexibility index (Phi) is 5.37. The van der Waals surface area contributed by atoms with Crippen LogP contribution in [0.5, 0.6) is 5.75 Å². The highest BCUT2D eigenvalue weighted by atomic mass is 16.5. The number of aryl methyl sites for hydroxylation is 4. The molecule has 1 aromatic carbocycles. The number of hydrogen-bond donors (Lipinski definition) is 0. The zero-order valence-corrected chi connectivity index (χ0v) is 13.5. The first-order chi connectivity index (χ1) is 10.1. The van der Waals surface area contributed by atoms with Gasteiger partial charge in [0.05, 0.1) is 12.3 Å². The van der Waals surface area contributed by atoms with Crippen molar-refractivity contribution in [1.82, 2.24) is 15.0 Å². The quantitative estimate of drug-likeness (QED) is 0.783. The van der Waals surface area contributed by atoms with Gasteiger partial charge in [-0.15, -0.1) is 5.10 Å². The van der Waals surface area contributed by atoms with Crippen LogP contribution in [0.2, 0.25) is 0 Å². The second-order valence-electron chi connectivity index (χ2n) is 5.86. The summed E-state index contributed by atoms with van der Waals surface area (Å²) in [6.07, 6.45) is 3.93. The zero-order valence-electron chi connectivity index (χ0n) is 13.5. The van der Waals surface area contributed by atoms with Gasteiger partial charge >= 0.3 is 0 Å². The molecule has 1 heterocycles. The minimum Gasteiger partial charge on any atom is -0.493 e. The SMILES string of the molecule is CCn1cc(CCc2ccc(OCC(C)C)cc2C)nn1. The van der Waals surface area contributed by atoms with Gasteiger partial charge in [0.25, 0.3) is 0 Å². The highest BCUT2D eigenvalue weighted by Gasteiger charge is 2.05. The van der Waals surface area contributed by atoms with Gasteiger partial charge in [0.1, 0.15) is 5.75 Å². The molecule has 21 heavy (non-hydrogen) atoms. The zero-order chi connectivity index (χ0) is 15.2. The van der Waals surface area contributed by atoms with E-state index in [1.54, 1.807) is 0 Å². The maximum atomic E-state index is 5.76. The Morgan fingerprint density at radius 2 is 2.05 bits per heavy atom. The average molecular weight is 287 g/mol. The van der Waals surface area contributed by atoms with Crippen molar-refractivity contribution < 1.29 is 4.74 Å². The van der Waals surface area contributed by atoms with Gasteiger partial charge in [-0.1, -0.05) is 25.1 Å². The lowest BCUT2D eigenvalue weighted by Gasteiger charge is -2.11. The lowest BCUT2D eigenvalue weighted by Crippen LogP contribution is -2.05. The molecule has 0 unspecified atom stereocenters. The molecule has 0 atom stereocenters. The van der Waals surface area contributed by atoms with Crippen molar-refractivity contribution in [2.45, 2.75) is 47.1 Å². The van der Waals surface area contributed by atoms with Gasteiger partial charge < -0.3 is 4.74 Å². The summed E-state index contributed by atoms with van der Waals surface area (Å²) in [7, 11) is 0. The van der Waals surface area contributed by atoms with Gasteiger partial charge in [0, 0.05) is 12.7 Å². The number of nitrogens with zero attached hydrogens (tertiary/aromatic N) is 3. The van der Waals surface area contributed by atoms with Crippen LogP contribution in [0.1, 0.15) is 37.6 Å². The van der Waals surface area contributed by atoms with Gasteiger partial charge in [-0.3, -0.25) is 4.68 Å². The molecule has 0 spiro atoms. The minimum absolute atomic E-state index is 0.547. The molecule has 2 aromatic rings. The van der Waals surface area contributed by atoms with Gasteiger partial charge in [-0.25, -0.2) is 0 Å². The summed E-state index contributed by atoms with van der Waals surface area (Å²) >= 11 is 0. The van der Waals surface area contributed by atoms with Crippen LogP contribution in [0.3, 0.4) is 0 Å². The smallest absolute Gasteiger partial charge is 0.119 e. The Morgan fingerprint density at radius 1 is 1.24 bits per heavy atom. The highest BCUT2D eigenvalue weighted by Crippen LogP contribution is 2.19. The largest absolute Gasteiger partial charge is 0.493 e. The Hall–Kier alpha value is -1.84. The van der Waals surface area contributed by atoms with Crippen LogP contribution in [0.15, 0.2) is 24.4 Å². The maximum Gasteiger partial charge on any atom is 0.119 e. The third-order valence-corrected chi connectivity index (χ3v) is 3.46. The Bertz CT molecular complexity index is 575. The van der Waals surface area contributed by atoms with Crippen LogP contribution in [0.4, 0.5) is 0 Å². The van der Waals surface area contributed by atoms with Crippen LogP contribution in [-0.4, -0.2) is 21.6 Å². The third-order valence-electron chi connectivity index (χ3n) is 3.46. The second kappa shape index (κ2) is 7.25. The second-order valence-corrected chi connectivity index (χ2v) is 5.86. The summed E-state index contributed by atoms with van der Waals surface area (Å²) in [6, 6.07) is 6.35. The fourth-order valence-electron chi connectivity index (χ4n) is 2.17. The first-order valence-electron chi connectivity index (χ1n) is 7.69. The summed E-state index contributed by atoms with van der Waals surface area (Å²) in [5, 5.41) is 8.26. The van der Waals surface area contributed by atoms with E-state index < -0.39 is 0 Å². The van der Waals surface area contributed by atoms with E-state index in [1.165, 1.54) is 11.1 Å². The molecule has 4 heteroatoms. The maximum absolute atomic E-state index is 5.76. The van der Waals surface area contributed by atoms with Crippen molar-refractivity contribution >= 4 is 0 Å². The molecule has 4 nitrogen and oxygen atoms in total. The van der Waals surface area contributed by atoms with E-state index >= 15 is 0 Å². The molecule has 0 fully saturated rings. The molecular weight excluding hydrogens is 262 g/mol. The summed E-state index contributed by atoms with van der Waals surface area (Å²) < 4.78 is 7.62. The summed E-state index contributed by atoms with van der Waals surface area (Å²) in [5.41, 5.74) is 3.67. The van der Waals surface area contributed by atoms with Crippen LogP contribution in [-0.2, 0) is 19.4 Å². The summed E-state index contributed by atoms with van der Waals surface area (Å²) in [6.45, 7) is 10.2. The summed E-state index contributed by atoms with van der Waals surface area (Å²) in [5.74, 6) is 1.51. The lowest BCUT2D eigenvalue weighted by molar-refractivity contribution is 0.271. The van der Waals surface area contributed by atoms with Crippen molar-refractivity contribution in [2.75, 3.05) is 6.61 Å². The Morgan fingerprint density at radius 3 is 2.67 bits per heavy atom. The average Bonchev–Trinajstić information content (AvgIpc) is 2.92. The lowest BCUT2D eigenvalue weighted by atomic mass is 10.0. The van der Waals surface area contributed by atoms with E-state index in [0.717, 1.165) is 37.4 Å². The van der Waals surface area contributed by atoms with E-state index in [1.807, 2.05) is 10.9 Å². The molecule has 0 radical (unpaired) electrons. The molecule has 1 aromatic heterocycles. The van der Waals surface area contributed by atoms with Gasteiger partial charge in [-0.05, 0) is 55.9 Å². The van der Waals surface area contributed by atoms with E-state index in [0.29, 0.717) is 5.92 Å². The molecule has 114 valence electrons. The predicted octanol–water partition coefficient (Wildman–Crippen LogP) is 3.43. The third kappa shape index (κ3) is 4.59. The fraction of sp³-hybridized carbons (Fsp3) is 0.529. The molecule has 0 saturated carbocycles. The first kappa shape index (κ1) is 15.5.